The van der Waals surface area contributed by atoms with E-state index in [1.54, 1.807) is 23.5 Å². The summed E-state index contributed by atoms with van der Waals surface area (Å²) < 4.78 is 39.2. The fourth-order valence-electron chi connectivity index (χ4n) is 2.28. The Labute approximate surface area is 160 Å². The molecule has 3 rings (SSSR count). The van der Waals surface area contributed by atoms with E-state index in [-0.39, 0.29) is 4.90 Å². The van der Waals surface area contributed by atoms with Crippen LogP contribution in [0.15, 0.2) is 58.8 Å². The number of sulfonamides is 1. The molecule has 0 fully saturated rings. The highest BCUT2D eigenvalue weighted by atomic mass is 32.2. The van der Waals surface area contributed by atoms with Crippen LogP contribution in [0.4, 0.5) is 10.1 Å². The van der Waals surface area contributed by atoms with Crippen molar-refractivity contribution in [1.29, 1.82) is 0 Å². The van der Waals surface area contributed by atoms with Crippen molar-refractivity contribution < 1.29 is 17.6 Å². The van der Waals surface area contributed by atoms with E-state index in [4.69, 9.17) is 0 Å². The molecule has 1 heterocycles. The predicted molar refractivity (Wildman–Crippen MR) is 103 cm³/mol. The molecule has 1 amide bonds. The number of aryl methyl sites for hydroxylation is 1. The van der Waals surface area contributed by atoms with E-state index in [0.717, 1.165) is 40.5 Å². The van der Waals surface area contributed by atoms with Crippen LogP contribution in [0.1, 0.15) is 5.01 Å². The average molecular weight is 405 g/mol. The lowest BCUT2D eigenvalue weighted by atomic mass is 10.1. The normalized spacial score (nSPS) is 11.3. The lowest BCUT2D eigenvalue weighted by Gasteiger charge is -2.08. The second kappa shape index (κ2) is 7.95. The van der Waals surface area contributed by atoms with E-state index >= 15 is 0 Å². The molecule has 0 aliphatic heterocycles. The van der Waals surface area contributed by atoms with E-state index in [1.165, 1.54) is 0 Å². The van der Waals surface area contributed by atoms with Crippen molar-refractivity contribution in [2.75, 3.05) is 11.9 Å². The number of nitrogens with one attached hydrogen (secondary N) is 2. The Hall–Kier alpha value is -2.62. The van der Waals surface area contributed by atoms with Gasteiger partial charge in [-0.25, -0.2) is 22.5 Å². The van der Waals surface area contributed by atoms with Crippen molar-refractivity contribution in [3.05, 3.63) is 64.7 Å². The Bertz CT molecular complexity index is 1050. The highest BCUT2D eigenvalue weighted by Gasteiger charge is 2.15. The Morgan fingerprint density at radius 3 is 2.37 bits per heavy atom. The SMILES string of the molecule is Cc1nc(-c2ccc(NC(=O)CNS(=O)(=O)c3ccc(F)cc3)cc2)cs1. The van der Waals surface area contributed by atoms with E-state index in [2.05, 4.69) is 15.0 Å². The third-order valence-electron chi connectivity index (χ3n) is 3.63. The summed E-state index contributed by atoms with van der Waals surface area (Å²) in [6, 6.07) is 11.4. The largest absolute Gasteiger partial charge is 0.325 e. The minimum atomic E-state index is -3.89. The average Bonchev–Trinajstić information content (AvgIpc) is 3.07. The number of thiazole rings is 1. The Morgan fingerprint density at radius 2 is 1.78 bits per heavy atom. The first-order chi connectivity index (χ1) is 12.8. The minimum Gasteiger partial charge on any atom is -0.325 e. The molecule has 140 valence electrons. The quantitative estimate of drug-likeness (QED) is 0.659. The van der Waals surface area contributed by atoms with Crippen molar-refractivity contribution in [2.45, 2.75) is 11.8 Å². The van der Waals surface area contributed by atoms with Gasteiger partial charge in [-0.3, -0.25) is 4.79 Å². The monoisotopic (exact) mass is 405 g/mol. The zero-order valence-corrected chi connectivity index (χ0v) is 15.9. The Morgan fingerprint density at radius 1 is 1.11 bits per heavy atom. The molecule has 27 heavy (non-hydrogen) atoms. The van der Waals surface area contributed by atoms with Crippen LogP contribution in [0.3, 0.4) is 0 Å². The van der Waals surface area contributed by atoms with Gasteiger partial charge in [0, 0.05) is 16.6 Å². The summed E-state index contributed by atoms with van der Waals surface area (Å²) in [4.78, 5) is 16.3. The summed E-state index contributed by atoms with van der Waals surface area (Å²) >= 11 is 1.56. The fraction of sp³-hybridized carbons (Fsp3) is 0.111. The molecule has 0 unspecified atom stereocenters. The smallest absolute Gasteiger partial charge is 0.241 e. The number of halogens is 1. The van der Waals surface area contributed by atoms with E-state index in [0.29, 0.717) is 5.69 Å². The van der Waals surface area contributed by atoms with Crippen LogP contribution in [0.2, 0.25) is 0 Å². The molecule has 1 aromatic heterocycles. The number of hydrogen-bond donors (Lipinski definition) is 2. The van der Waals surface area contributed by atoms with Gasteiger partial charge in [-0.1, -0.05) is 12.1 Å². The topological polar surface area (TPSA) is 88.2 Å². The van der Waals surface area contributed by atoms with Crippen molar-refractivity contribution >= 4 is 33.0 Å². The molecule has 0 spiro atoms. The lowest BCUT2D eigenvalue weighted by Crippen LogP contribution is -2.32. The third kappa shape index (κ3) is 4.97. The molecule has 0 aliphatic rings. The van der Waals surface area contributed by atoms with Crippen LogP contribution in [0.5, 0.6) is 0 Å². The van der Waals surface area contributed by atoms with Gasteiger partial charge in [-0.15, -0.1) is 11.3 Å². The van der Waals surface area contributed by atoms with Gasteiger partial charge in [-0.2, -0.15) is 0 Å². The molecule has 3 aromatic rings. The Balaban J connectivity index is 1.58. The number of benzene rings is 2. The van der Waals surface area contributed by atoms with Gasteiger partial charge in [0.25, 0.3) is 0 Å². The summed E-state index contributed by atoms with van der Waals surface area (Å²) in [7, 11) is -3.89. The summed E-state index contributed by atoms with van der Waals surface area (Å²) in [5, 5.41) is 5.54. The van der Waals surface area contributed by atoms with Crippen molar-refractivity contribution in [3.8, 4) is 11.3 Å². The number of anilines is 1. The van der Waals surface area contributed by atoms with E-state index in [9.17, 15) is 17.6 Å². The zero-order valence-electron chi connectivity index (χ0n) is 14.3. The summed E-state index contributed by atoms with van der Waals surface area (Å²) in [5.41, 5.74) is 2.33. The van der Waals surface area contributed by atoms with E-state index in [1.807, 2.05) is 24.4 Å². The first-order valence-corrected chi connectivity index (χ1v) is 10.3. The first kappa shape index (κ1) is 19.2. The molecule has 0 saturated heterocycles. The molecule has 0 atom stereocenters. The molecule has 0 saturated carbocycles. The number of amides is 1. The minimum absolute atomic E-state index is 0.111. The zero-order chi connectivity index (χ0) is 19.4. The number of rotatable bonds is 6. The molecular formula is C18H16FN3O3S2. The number of aromatic nitrogens is 1. The van der Waals surface area contributed by atoms with Crippen LogP contribution in [0, 0.1) is 12.7 Å². The first-order valence-electron chi connectivity index (χ1n) is 7.91. The van der Waals surface area contributed by atoms with Crippen LogP contribution < -0.4 is 10.0 Å². The van der Waals surface area contributed by atoms with Gasteiger partial charge in [-0.05, 0) is 43.3 Å². The Kier molecular flexibility index (Phi) is 5.64. The van der Waals surface area contributed by atoms with Crippen LogP contribution in [-0.4, -0.2) is 25.9 Å². The van der Waals surface area contributed by atoms with Crippen LogP contribution >= 0.6 is 11.3 Å². The predicted octanol–water partition coefficient (Wildman–Crippen LogP) is 3.17. The number of hydrogen-bond acceptors (Lipinski definition) is 5. The molecular weight excluding hydrogens is 389 g/mol. The standard InChI is InChI=1S/C18H16FN3O3S2/c1-12-21-17(11-26-12)13-2-6-15(7-3-13)22-18(23)10-20-27(24,25)16-8-4-14(19)5-9-16/h2-9,11,20H,10H2,1H3,(H,22,23). The molecule has 0 bridgehead atoms. The number of nitrogens with zero attached hydrogens (tertiary/aromatic N) is 1. The molecule has 9 heteroatoms. The van der Waals surface area contributed by atoms with Crippen molar-refractivity contribution in [3.63, 3.8) is 0 Å². The summed E-state index contributed by atoms with van der Waals surface area (Å²) in [6.45, 7) is 1.49. The molecule has 0 aliphatic carbocycles. The molecule has 2 aromatic carbocycles. The maximum Gasteiger partial charge on any atom is 0.241 e. The fourth-order valence-corrected chi connectivity index (χ4v) is 3.89. The van der Waals surface area contributed by atoms with Crippen molar-refractivity contribution in [2.24, 2.45) is 0 Å². The van der Waals surface area contributed by atoms with Crippen LogP contribution in [-0.2, 0) is 14.8 Å². The van der Waals surface area contributed by atoms with Crippen LogP contribution in [0.25, 0.3) is 11.3 Å². The lowest BCUT2D eigenvalue weighted by molar-refractivity contribution is -0.115. The van der Waals surface area contributed by atoms with Crippen molar-refractivity contribution in [1.82, 2.24) is 9.71 Å². The molecule has 6 nitrogen and oxygen atoms in total. The van der Waals surface area contributed by atoms with Gasteiger partial charge in [0.1, 0.15) is 5.82 Å². The second-order valence-corrected chi connectivity index (χ2v) is 8.48. The molecule has 0 radical (unpaired) electrons. The van der Waals surface area contributed by atoms with Gasteiger partial charge >= 0.3 is 0 Å². The molecule has 2 N–H and O–H groups in total. The third-order valence-corrected chi connectivity index (χ3v) is 5.82. The second-order valence-electron chi connectivity index (χ2n) is 5.66. The van der Waals surface area contributed by atoms with Gasteiger partial charge < -0.3 is 5.32 Å². The number of carbonyl (C=O) groups is 1. The van der Waals surface area contributed by atoms with E-state index < -0.39 is 28.3 Å². The van der Waals surface area contributed by atoms with Gasteiger partial charge in [0.15, 0.2) is 0 Å². The maximum atomic E-state index is 12.9. The van der Waals surface area contributed by atoms with Gasteiger partial charge in [0.05, 0.1) is 22.1 Å². The highest BCUT2D eigenvalue weighted by Crippen LogP contribution is 2.23. The summed E-state index contributed by atoms with van der Waals surface area (Å²) in [5.74, 6) is -1.05. The maximum absolute atomic E-state index is 12.9. The highest BCUT2D eigenvalue weighted by molar-refractivity contribution is 7.89. The summed E-state index contributed by atoms with van der Waals surface area (Å²) in [6.07, 6.45) is 0. The number of carbonyl (C=O) groups excluding carboxylic acids is 1. The van der Waals surface area contributed by atoms with Gasteiger partial charge in [0.2, 0.25) is 15.9 Å².